The normalized spacial score (nSPS) is 13.6. The van der Waals surface area contributed by atoms with Crippen LogP contribution in [0.5, 0.6) is 0 Å². The summed E-state index contributed by atoms with van der Waals surface area (Å²) in [7, 11) is 0. The van der Waals surface area contributed by atoms with Gasteiger partial charge in [-0.2, -0.15) is 5.26 Å². The van der Waals surface area contributed by atoms with Crippen molar-refractivity contribution < 1.29 is 4.39 Å². The summed E-state index contributed by atoms with van der Waals surface area (Å²) in [6.07, 6.45) is 3.79. The molecule has 2 nitrogen and oxygen atoms in total. The maximum Gasteiger partial charge on any atom is 0.142 e. The number of rotatable bonds is 3. The van der Waals surface area contributed by atoms with Crippen molar-refractivity contribution in [1.82, 2.24) is 4.98 Å². The third-order valence-corrected chi connectivity index (χ3v) is 3.71. The van der Waals surface area contributed by atoms with Gasteiger partial charge < -0.3 is 0 Å². The van der Waals surface area contributed by atoms with Crippen LogP contribution in [0.1, 0.15) is 18.1 Å². The molecule has 96 valence electrons. The van der Waals surface area contributed by atoms with Gasteiger partial charge in [-0.15, -0.1) is 0 Å². The van der Waals surface area contributed by atoms with E-state index in [1.165, 1.54) is 0 Å². The van der Waals surface area contributed by atoms with Gasteiger partial charge in [0.25, 0.3) is 0 Å². The molecule has 0 aliphatic heterocycles. The lowest BCUT2D eigenvalue weighted by atomic mass is 9.78. The van der Waals surface area contributed by atoms with E-state index >= 15 is 0 Å². The molecule has 1 heterocycles. The highest BCUT2D eigenvalue weighted by Crippen LogP contribution is 2.32. The van der Waals surface area contributed by atoms with Crippen LogP contribution >= 0.6 is 15.9 Å². The molecule has 2 aromatic rings. The van der Waals surface area contributed by atoms with Gasteiger partial charge in [0.1, 0.15) is 5.82 Å². The quantitative estimate of drug-likeness (QED) is 0.857. The highest BCUT2D eigenvalue weighted by Gasteiger charge is 2.30. The highest BCUT2D eigenvalue weighted by molar-refractivity contribution is 9.10. The Hall–Kier alpha value is -1.73. The SMILES string of the molecule is CC(C#N)(Cc1ccncc1)c1cccc(Br)c1F. The lowest BCUT2D eigenvalue weighted by Gasteiger charge is -2.23. The Balaban J connectivity index is 2.43. The first kappa shape index (κ1) is 13.7. The van der Waals surface area contributed by atoms with Gasteiger partial charge in [-0.25, -0.2) is 4.39 Å². The molecule has 0 saturated heterocycles. The summed E-state index contributed by atoms with van der Waals surface area (Å²) in [5, 5.41) is 9.47. The predicted molar refractivity (Wildman–Crippen MR) is 75.0 cm³/mol. The lowest BCUT2D eigenvalue weighted by Crippen LogP contribution is -2.24. The zero-order valence-electron chi connectivity index (χ0n) is 10.4. The summed E-state index contributed by atoms with van der Waals surface area (Å²) in [4.78, 5) is 3.94. The van der Waals surface area contributed by atoms with E-state index in [0.29, 0.717) is 16.5 Å². The molecule has 1 atom stereocenters. The van der Waals surface area contributed by atoms with Gasteiger partial charge in [-0.1, -0.05) is 12.1 Å². The Labute approximate surface area is 120 Å². The smallest absolute Gasteiger partial charge is 0.142 e. The predicted octanol–water partition coefficient (Wildman–Crippen LogP) is 4.01. The Morgan fingerprint density at radius 1 is 1.32 bits per heavy atom. The molecule has 0 N–H and O–H groups in total. The van der Waals surface area contributed by atoms with Crippen LogP contribution in [-0.2, 0) is 11.8 Å². The summed E-state index contributed by atoms with van der Waals surface area (Å²) in [5.74, 6) is -0.374. The summed E-state index contributed by atoms with van der Waals surface area (Å²) in [6.45, 7) is 1.75. The Morgan fingerprint density at radius 3 is 2.63 bits per heavy atom. The summed E-state index contributed by atoms with van der Waals surface area (Å²) in [5.41, 5.74) is 0.453. The van der Waals surface area contributed by atoms with Gasteiger partial charge >= 0.3 is 0 Å². The van der Waals surface area contributed by atoms with Crippen molar-refractivity contribution >= 4 is 15.9 Å². The van der Waals surface area contributed by atoms with Gasteiger partial charge in [-0.05, 0) is 53.0 Å². The average molecular weight is 319 g/mol. The van der Waals surface area contributed by atoms with Gasteiger partial charge in [0.05, 0.1) is 16.0 Å². The first-order valence-corrected chi connectivity index (χ1v) is 6.61. The lowest BCUT2D eigenvalue weighted by molar-refractivity contribution is 0.531. The van der Waals surface area contributed by atoms with E-state index in [0.717, 1.165) is 5.56 Å². The molecular weight excluding hydrogens is 307 g/mol. The Kier molecular flexibility index (Phi) is 3.96. The van der Waals surface area contributed by atoms with Crippen LogP contribution in [0.4, 0.5) is 4.39 Å². The standard InChI is InChI=1S/C15H12BrFN2/c1-15(10-18,9-11-5-7-19-8-6-11)12-3-2-4-13(16)14(12)17/h2-8H,9H2,1H3. The molecule has 1 aromatic carbocycles. The number of benzene rings is 1. The molecule has 19 heavy (non-hydrogen) atoms. The van der Waals surface area contributed by atoms with Crippen LogP contribution in [0.15, 0.2) is 47.2 Å². The zero-order chi connectivity index (χ0) is 13.9. The van der Waals surface area contributed by atoms with E-state index in [1.54, 1.807) is 37.5 Å². The van der Waals surface area contributed by atoms with Gasteiger partial charge in [0.15, 0.2) is 0 Å². The van der Waals surface area contributed by atoms with E-state index in [1.807, 2.05) is 12.1 Å². The van der Waals surface area contributed by atoms with E-state index in [9.17, 15) is 9.65 Å². The van der Waals surface area contributed by atoms with Crippen molar-refractivity contribution in [2.45, 2.75) is 18.8 Å². The number of hydrogen-bond donors (Lipinski definition) is 0. The molecule has 0 aliphatic carbocycles. The third-order valence-electron chi connectivity index (χ3n) is 3.10. The van der Waals surface area contributed by atoms with Crippen LogP contribution in [0.2, 0.25) is 0 Å². The molecule has 0 spiro atoms. The van der Waals surface area contributed by atoms with Gasteiger partial charge in [-0.3, -0.25) is 4.98 Å². The van der Waals surface area contributed by atoms with E-state index < -0.39 is 5.41 Å². The molecule has 0 radical (unpaired) electrons. The number of nitrogens with zero attached hydrogens (tertiary/aromatic N) is 2. The summed E-state index contributed by atoms with van der Waals surface area (Å²) < 4.78 is 14.6. The minimum absolute atomic E-state index is 0.374. The second-order valence-electron chi connectivity index (χ2n) is 4.58. The maximum atomic E-state index is 14.2. The molecule has 0 aliphatic rings. The fraction of sp³-hybridized carbons (Fsp3) is 0.200. The molecule has 0 bridgehead atoms. The second kappa shape index (κ2) is 5.50. The van der Waals surface area contributed by atoms with Crippen LogP contribution in [0.25, 0.3) is 0 Å². The minimum atomic E-state index is -0.908. The van der Waals surface area contributed by atoms with Crippen molar-refractivity contribution in [2.24, 2.45) is 0 Å². The van der Waals surface area contributed by atoms with Crippen LogP contribution in [-0.4, -0.2) is 4.98 Å². The maximum absolute atomic E-state index is 14.2. The Morgan fingerprint density at radius 2 is 2.00 bits per heavy atom. The van der Waals surface area contributed by atoms with Gasteiger partial charge in [0, 0.05) is 18.0 Å². The highest BCUT2D eigenvalue weighted by atomic mass is 79.9. The van der Waals surface area contributed by atoms with E-state index in [-0.39, 0.29) is 5.82 Å². The van der Waals surface area contributed by atoms with Crippen LogP contribution < -0.4 is 0 Å². The largest absolute Gasteiger partial charge is 0.265 e. The molecule has 2 rings (SSSR count). The first-order valence-electron chi connectivity index (χ1n) is 5.81. The van der Waals surface area contributed by atoms with Crippen molar-refractivity contribution in [3.63, 3.8) is 0 Å². The first-order chi connectivity index (χ1) is 9.07. The zero-order valence-corrected chi connectivity index (χ0v) is 12.0. The van der Waals surface area contributed by atoms with Crippen molar-refractivity contribution in [3.8, 4) is 6.07 Å². The molecule has 1 unspecified atom stereocenters. The molecule has 0 amide bonds. The van der Waals surface area contributed by atoms with Crippen LogP contribution in [0, 0.1) is 17.1 Å². The molecule has 1 aromatic heterocycles. The number of pyridine rings is 1. The van der Waals surface area contributed by atoms with Crippen molar-refractivity contribution in [2.75, 3.05) is 0 Å². The Bertz CT molecular complexity index is 622. The van der Waals surface area contributed by atoms with Crippen LogP contribution in [0.3, 0.4) is 0 Å². The number of aromatic nitrogens is 1. The van der Waals surface area contributed by atoms with E-state index in [2.05, 4.69) is 27.0 Å². The fourth-order valence-electron chi connectivity index (χ4n) is 2.03. The third kappa shape index (κ3) is 2.82. The fourth-order valence-corrected chi connectivity index (χ4v) is 2.40. The number of nitriles is 1. The molecule has 0 saturated carbocycles. The van der Waals surface area contributed by atoms with Crippen molar-refractivity contribution in [3.05, 3.63) is 64.1 Å². The second-order valence-corrected chi connectivity index (χ2v) is 5.43. The minimum Gasteiger partial charge on any atom is -0.265 e. The molecular formula is C15H12BrFN2. The monoisotopic (exact) mass is 318 g/mol. The average Bonchev–Trinajstić information content (AvgIpc) is 2.43. The summed E-state index contributed by atoms with van der Waals surface area (Å²) >= 11 is 3.16. The number of halogens is 2. The molecule has 4 heteroatoms. The number of hydrogen-bond acceptors (Lipinski definition) is 2. The van der Waals surface area contributed by atoms with Gasteiger partial charge in [0.2, 0.25) is 0 Å². The van der Waals surface area contributed by atoms with Crippen molar-refractivity contribution in [1.29, 1.82) is 5.26 Å². The topological polar surface area (TPSA) is 36.7 Å². The molecule has 0 fully saturated rings. The van der Waals surface area contributed by atoms with E-state index in [4.69, 9.17) is 0 Å². The summed E-state index contributed by atoms with van der Waals surface area (Å²) in [6, 6.07) is 10.9.